The Morgan fingerprint density at radius 3 is 2.38 bits per heavy atom. The van der Waals surface area contributed by atoms with Crippen LogP contribution in [0.2, 0.25) is 0 Å². The number of hydrogen-bond donors (Lipinski definition) is 1. The Morgan fingerprint density at radius 1 is 1.00 bits per heavy atom. The maximum atomic E-state index is 6.65. The largest absolute Gasteiger partial charge is 0.493 e. The molecule has 3 rings (SSSR count). The van der Waals surface area contributed by atoms with Gasteiger partial charge in [0.05, 0.1) is 13.2 Å². The first-order valence-electron chi connectivity index (χ1n) is 8.35. The van der Waals surface area contributed by atoms with Crippen LogP contribution in [-0.4, -0.2) is 13.2 Å². The van der Waals surface area contributed by atoms with Gasteiger partial charge in [0.2, 0.25) is 0 Å². The number of methoxy groups -OCH3 is 1. The summed E-state index contributed by atoms with van der Waals surface area (Å²) in [6.07, 6.45) is 11.1. The predicted octanol–water partition coefficient (Wildman–Crippen LogP) is 4.13. The quantitative estimate of drug-likeness (QED) is 0.906. The molecule has 0 spiro atoms. The van der Waals surface area contributed by atoms with E-state index in [1.807, 2.05) is 6.07 Å². The van der Waals surface area contributed by atoms with Crippen LogP contribution < -0.4 is 15.2 Å². The van der Waals surface area contributed by atoms with Crippen LogP contribution in [0.3, 0.4) is 0 Å². The van der Waals surface area contributed by atoms with Crippen LogP contribution in [-0.2, 0) is 5.54 Å². The van der Waals surface area contributed by atoms with Crippen LogP contribution in [0.5, 0.6) is 11.5 Å². The topological polar surface area (TPSA) is 44.5 Å². The molecule has 1 aromatic carbocycles. The Labute approximate surface area is 127 Å². The van der Waals surface area contributed by atoms with Gasteiger partial charge in [-0.2, -0.15) is 0 Å². The molecular weight excluding hydrogens is 262 g/mol. The van der Waals surface area contributed by atoms with Crippen molar-refractivity contribution in [2.24, 2.45) is 5.73 Å². The third kappa shape index (κ3) is 3.18. The van der Waals surface area contributed by atoms with Crippen LogP contribution in [0.15, 0.2) is 18.2 Å². The molecule has 0 amide bonds. The van der Waals surface area contributed by atoms with E-state index in [0.717, 1.165) is 37.2 Å². The summed E-state index contributed by atoms with van der Waals surface area (Å²) >= 11 is 0. The van der Waals surface area contributed by atoms with E-state index in [2.05, 4.69) is 12.1 Å². The van der Waals surface area contributed by atoms with Crippen LogP contribution in [0.1, 0.15) is 63.4 Å². The molecule has 1 aromatic rings. The van der Waals surface area contributed by atoms with Crippen molar-refractivity contribution in [2.75, 3.05) is 7.11 Å². The van der Waals surface area contributed by atoms with Gasteiger partial charge in [-0.25, -0.2) is 0 Å². The Balaban J connectivity index is 1.84. The second kappa shape index (κ2) is 6.27. The van der Waals surface area contributed by atoms with E-state index in [0.29, 0.717) is 6.10 Å². The predicted molar refractivity (Wildman–Crippen MR) is 84.8 cm³/mol. The molecule has 0 atom stereocenters. The highest BCUT2D eigenvalue weighted by Gasteiger charge is 2.30. The summed E-state index contributed by atoms with van der Waals surface area (Å²) in [6.45, 7) is 0. The first kappa shape index (κ1) is 14.7. The van der Waals surface area contributed by atoms with E-state index >= 15 is 0 Å². The molecule has 2 fully saturated rings. The van der Waals surface area contributed by atoms with Gasteiger partial charge in [-0.1, -0.05) is 25.3 Å². The van der Waals surface area contributed by atoms with Crippen molar-refractivity contribution in [1.29, 1.82) is 0 Å². The lowest BCUT2D eigenvalue weighted by molar-refractivity contribution is 0.199. The highest BCUT2D eigenvalue weighted by molar-refractivity contribution is 5.45. The smallest absolute Gasteiger partial charge is 0.161 e. The molecule has 116 valence electrons. The van der Waals surface area contributed by atoms with Crippen molar-refractivity contribution in [1.82, 2.24) is 0 Å². The van der Waals surface area contributed by atoms with Crippen molar-refractivity contribution >= 4 is 0 Å². The average molecular weight is 289 g/mol. The fourth-order valence-electron chi connectivity index (χ4n) is 3.74. The molecule has 2 N–H and O–H groups in total. The lowest BCUT2D eigenvalue weighted by atomic mass is 9.77. The minimum absolute atomic E-state index is 0.182. The minimum atomic E-state index is -0.182. The van der Waals surface area contributed by atoms with Crippen molar-refractivity contribution in [3.05, 3.63) is 23.8 Å². The highest BCUT2D eigenvalue weighted by atomic mass is 16.5. The van der Waals surface area contributed by atoms with E-state index < -0.39 is 0 Å². The van der Waals surface area contributed by atoms with Crippen LogP contribution in [0.4, 0.5) is 0 Å². The van der Waals surface area contributed by atoms with Gasteiger partial charge in [0.1, 0.15) is 0 Å². The van der Waals surface area contributed by atoms with Crippen molar-refractivity contribution in [3.63, 3.8) is 0 Å². The van der Waals surface area contributed by atoms with Gasteiger partial charge in [0.25, 0.3) is 0 Å². The maximum Gasteiger partial charge on any atom is 0.161 e. The van der Waals surface area contributed by atoms with Crippen LogP contribution >= 0.6 is 0 Å². The van der Waals surface area contributed by atoms with Gasteiger partial charge < -0.3 is 15.2 Å². The van der Waals surface area contributed by atoms with Crippen LogP contribution in [0, 0.1) is 0 Å². The minimum Gasteiger partial charge on any atom is -0.493 e. The summed E-state index contributed by atoms with van der Waals surface area (Å²) in [5.74, 6) is 1.70. The molecule has 0 aromatic heterocycles. The Hall–Kier alpha value is -1.22. The molecule has 21 heavy (non-hydrogen) atoms. The SMILES string of the molecule is COc1ccc(C2(N)CCCCC2)cc1OC1CCCC1. The summed E-state index contributed by atoms with van der Waals surface area (Å²) < 4.78 is 11.7. The molecule has 2 aliphatic carbocycles. The summed E-state index contributed by atoms with van der Waals surface area (Å²) in [5, 5.41) is 0. The molecule has 0 unspecified atom stereocenters. The summed E-state index contributed by atoms with van der Waals surface area (Å²) in [5.41, 5.74) is 7.67. The molecular formula is C18H27NO2. The van der Waals surface area contributed by atoms with Gasteiger partial charge in [-0.15, -0.1) is 0 Å². The first-order valence-corrected chi connectivity index (χ1v) is 8.35. The van der Waals surface area contributed by atoms with Gasteiger partial charge in [-0.05, 0) is 56.2 Å². The third-order valence-corrected chi connectivity index (χ3v) is 5.08. The molecule has 0 heterocycles. The molecule has 0 radical (unpaired) electrons. The molecule has 0 saturated heterocycles. The van der Waals surface area contributed by atoms with E-state index in [9.17, 15) is 0 Å². The van der Waals surface area contributed by atoms with E-state index in [1.54, 1.807) is 7.11 Å². The molecule has 2 aliphatic rings. The summed E-state index contributed by atoms with van der Waals surface area (Å²) in [4.78, 5) is 0. The van der Waals surface area contributed by atoms with Crippen molar-refractivity contribution in [2.45, 2.75) is 69.4 Å². The molecule has 2 saturated carbocycles. The van der Waals surface area contributed by atoms with Gasteiger partial charge >= 0.3 is 0 Å². The second-order valence-corrected chi connectivity index (χ2v) is 6.61. The number of rotatable bonds is 4. The van der Waals surface area contributed by atoms with Gasteiger partial charge in [0.15, 0.2) is 11.5 Å². The van der Waals surface area contributed by atoms with E-state index in [-0.39, 0.29) is 5.54 Å². The lowest BCUT2D eigenvalue weighted by Gasteiger charge is -2.34. The number of nitrogens with two attached hydrogens (primary N) is 1. The Kier molecular flexibility index (Phi) is 4.39. The lowest BCUT2D eigenvalue weighted by Crippen LogP contribution is -2.38. The average Bonchev–Trinajstić information content (AvgIpc) is 3.01. The fourth-order valence-corrected chi connectivity index (χ4v) is 3.74. The standard InChI is InChI=1S/C18H27NO2/c1-20-16-10-9-14(18(19)11-5-2-6-12-18)13-17(16)21-15-7-3-4-8-15/h9-10,13,15H,2-8,11-12,19H2,1H3. The van der Waals surface area contributed by atoms with E-state index in [1.165, 1.54) is 37.7 Å². The zero-order valence-corrected chi connectivity index (χ0v) is 13.1. The normalized spacial score (nSPS) is 22.2. The molecule has 3 nitrogen and oxygen atoms in total. The molecule has 0 bridgehead atoms. The van der Waals surface area contributed by atoms with Crippen LogP contribution in [0.25, 0.3) is 0 Å². The number of ether oxygens (including phenoxy) is 2. The maximum absolute atomic E-state index is 6.65. The first-order chi connectivity index (χ1) is 10.2. The third-order valence-electron chi connectivity index (χ3n) is 5.08. The molecule has 3 heteroatoms. The zero-order valence-electron chi connectivity index (χ0n) is 13.1. The van der Waals surface area contributed by atoms with Gasteiger partial charge in [0, 0.05) is 5.54 Å². The second-order valence-electron chi connectivity index (χ2n) is 6.61. The Bertz CT molecular complexity index is 474. The molecule has 0 aliphatic heterocycles. The fraction of sp³-hybridized carbons (Fsp3) is 0.667. The monoisotopic (exact) mass is 289 g/mol. The number of benzene rings is 1. The Morgan fingerprint density at radius 2 is 1.71 bits per heavy atom. The van der Waals surface area contributed by atoms with E-state index in [4.69, 9.17) is 15.2 Å². The van der Waals surface area contributed by atoms with Crippen molar-refractivity contribution in [3.8, 4) is 11.5 Å². The summed E-state index contributed by atoms with van der Waals surface area (Å²) in [6, 6.07) is 6.26. The highest BCUT2D eigenvalue weighted by Crippen LogP contribution is 2.39. The van der Waals surface area contributed by atoms with Crippen molar-refractivity contribution < 1.29 is 9.47 Å². The number of hydrogen-bond acceptors (Lipinski definition) is 3. The zero-order chi connectivity index (χ0) is 14.7. The van der Waals surface area contributed by atoms with Gasteiger partial charge in [-0.3, -0.25) is 0 Å². The summed E-state index contributed by atoms with van der Waals surface area (Å²) in [7, 11) is 1.70.